The molecule has 0 aliphatic rings. The number of rotatable bonds is 1. The number of nitrogens with zero attached hydrogens (tertiary/aromatic N) is 1. The van der Waals surface area contributed by atoms with Crippen LogP contribution in [-0.2, 0) is 0 Å². The number of thiophene rings is 1. The SMILES string of the molecule is O=c1[nH]c(-c2cc(Cl)cs2)nc(O)c1Br. The van der Waals surface area contributed by atoms with Crippen LogP contribution >= 0.6 is 38.9 Å². The van der Waals surface area contributed by atoms with Crippen LogP contribution in [0, 0.1) is 0 Å². The van der Waals surface area contributed by atoms with Crippen molar-refractivity contribution in [2.75, 3.05) is 0 Å². The summed E-state index contributed by atoms with van der Waals surface area (Å²) in [5, 5.41) is 11.6. The summed E-state index contributed by atoms with van der Waals surface area (Å²) in [6, 6.07) is 1.66. The van der Waals surface area contributed by atoms with Gasteiger partial charge in [-0.1, -0.05) is 11.6 Å². The van der Waals surface area contributed by atoms with Gasteiger partial charge in [0.15, 0.2) is 5.82 Å². The van der Waals surface area contributed by atoms with E-state index < -0.39 is 5.56 Å². The van der Waals surface area contributed by atoms with Gasteiger partial charge in [0.1, 0.15) is 4.47 Å². The van der Waals surface area contributed by atoms with Crippen molar-refractivity contribution >= 4 is 38.9 Å². The third kappa shape index (κ3) is 2.06. The summed E-state index contributed by atoms with van der Waals surface area (Å²) in [5.74, 6) is -0.0316. The monoisotopic (exact) mass is 306 g/mol. The Morgan fingerprint density at radius 3 is 2.87 bits per heavy atom. The van der Waals surface area contributed by atoms with Gasteiger partial charge in [-0.2, -0.15) is 4.98 Å². The summed E-state index contributed by atoms with van der Waals surface area (Å²) in [7, 11) is 0. The zero-order chi connectivity index (χ0) is 11.0. The highest BCUT2D eigenvalue weighted by Gasteiger charge is 2.10. The van der Waals surface area contributed by atoms with Crippen LogP contribution in [0.2, 0.25) is 5.02 Å². The molecule has 0 fully saturated rings. The maximum absolute atomic E-state index is 11.3. The highest BCUT2D eigenvalue weighted by Crippen LogP contribution is 2.28. The predicted octanol–water partition coefficient (Wildman–Crippen LogP) is 2.62. The summed E-state index contributed by atoms with van der Waals surface area (Å²) in [6.45, 7) is 0. The summed E-state index contributed by atoms with van der Waals surface area (Å²) in [6.07, 6.45) is 0. The van der Waals surface area contributed by atoms with Crippen LogP contribution in [0.5, 0.6) is 5.88 Å². The van der Waals surface area contributed by atoms with Crippen LogP contribution in [0.15, 0.2) is 20.7 Å². The highest BCUT2D eigenvalue weighted by molar-refractivity contribution is 9.10. The number of halogens is 2. The number of aromatic nitrogens is 2. The lowest BCUT2D eigenvalue weighted by molar-refractivity contribution is 0.448. The molecular formula is C8H4BrClN2O2S. The minimum Gasteiger partial charge on any atom is -0.492 e. The number of H-pyrrole nitrogens is 1. The Kier molecular flexibility index (Phi) is 2.81. The molecule has 0 saturated carbocycles. The van der Waals surface area contributed by atoms with Crippen molar-refractivity contribution < 1.29 is 5.11 Å². The first-order chi connectivity index (χ1) is 7.08. The first-order valence-corrected chi connectivity index (χ1v) is 5.86. The smallest absolute Gasteiger partial charge is 0.269 e. The molecule has 2 aromatic heterocycles. The Bertz CT molecular complexity index is 566. The third-order valence-corrected chi connectivity index (χ3v) is 3.65. The van der Waals surface area contributed by atoms with Gasteiger partial charge in [-0.15, -0.1) is 11.3 Å². The standard InChI is InChI=1S/C8H4BrClN2O2S/c9-5-7(13)11-6(12-8(5)14)4-1-3(10)2-15-4/h1-2H,(H2,11,12,13,14). The van der Waals surface area contributed by atoms with Gasteiger partial charge in [-0.25, -0.2) is 0 Å². The molecular weight excluding hydrogens is 304 g/mol. The third-order valence-electron chi connectivity index (χ3n) is 1.65. The molecule has 2 N–H and O–H groups in total. The Hall–Kier alpha value is -0.850. The van der Waals surface area contributed by atoms with Crippen LogP contribution in [0.1, 0.15) is 0 Å². The van der Waals surface area contributed by atoms with Crippen LogP contribution < -0.4 is 5.56 Å². The van der Waals surface area contributed by atoms with E-state index in [9.17, 15) is 9.90 Å². The van der Waals surface area contributed by atoms with E-state index in [1.165, 1.54) is 11.3 Å². The Morgan fingerprint density at radius 1 is 1.60 bits per heavy atom. The predicted molar refractivity (Wildman–Crippen MR) is 62.5 cm³/mol. The van der Waals surface area contributed by atoms with Gasteiger partial charge in [-0.3, -0.25) is 4.79 Å². The molecule has 0 unspecified atom stereocenters. The van der Waals surface area contributed by atoms with Gasteiger partial charge in [0.05, 0.1) is 9.90 Å². The highest BCUT2D eigenvalue weighted by atomic mass is 79.9. The van der Waals surface area contributed by atoms with Crippen molar-refractivity contribution in [1.82, 2.24) is 9.97 Å². The second-order valence-electron chi connectivity index (χ2n) is 2.68. The maximum atomic E-state index is 11.3. The zero-order valence-corrected chi connectivity index (χ0v) is 10.3. The summed E-state index contributed by atoms with van der Waals surface area (Å²) < 4.78 is 0.0221. The first-order valence-electron chi connectivity index (χ1n) is 3.81. The Morgan fingerprint density at radius 2 is 2.33 bits per heavy atom. The van der Waals surface area contributed by atoms with E-state index in [1.807, 2.05) is 0 Å². The van der Waals surface area contributed by atoms with Crippen molar-refractivity contribution in [2.45, 2.75) is 0 Å². The minimum atomic E-state index is -0.429. The summed E-state index contributed by atoms with van der Waals surface area (Å²) in [4.78, 5) is 18.4. The minimum absolute atomic E-state index is 0.0221. The molecule has 7 heteroatoms. The van der Waals surface area contributed by atoms with Gasteiger partial charge in [0.2, 0.25) is 5.88 Å². The molecule has 0 bridgehead atoms. The fraction of sp³-hybridized carbons (Fsp3) is 0. The van der Waals surface area contributed by atoms with Crippen molar-refractivity contribution in [3.8, 4) is 16.6 Å². The van der Waals surface area contributed by atoms with Gasteiger partial charge < -0.3 is 10.1 Å². The first kappa shape index (κ1) is 10.7. The molecule has 0 spiro atoms. The lowest BCUT2D eigenvalue weighted by atomic mass is 10.4. The zero-order valence-electron chi connectivity index (χ0n) is 7.12. The molecule has 15 heavy (non-hydrogen) atoms. The van der Waals surface area contributed by atoms with Gasteiger partial charge in [0.25, 0.3) is 5.56 Å². The summed E-state index contributed by atoms with van der Waals surface area (Å²) >= 11 is 9.99. The molecule has 78 valence electrons. The van der Waals surface area contributed by atoms with Crippen LogP contribution in [-0.4, -0.2) is 15.1 Å². The number of hydrogen-bond acceptors (Lipinski definition) is 4. The molecule has 0 atom stereocenters. The number of nitrogens with one attached hydrogen (secondary N) is 1. The normalized spacial score (nSPS) is 10.5. The second kappa shape index (κ2) is 3.96. The fourth-order valence-corrected chi connectivity index (χ4v) is 2.21. The van der Waals surface area contributed by atoms with E-state index in [2.05, 4.69) is 25.9 Å². The second-order valence-corrected chi connectivity index (χ2v) is 4.82. The maximum Gasteiger partial charge on any atom is 0.269 e. The Balaban J connectivity index is 2.60. The van der Waals surface area contributed by atoms with Gasteiger partial charge in [0, 0.05) is 5.38 Å². The molecule has 4 nitrogen and oxygen atoms in total. The molecule has 2 heterocycles. The van der Waals surface area contributed by atoms with Crippen LogP contribution in [0.4, 0.5) is 0 Å². The molecule has 0 aliphatic heterocycles. The molecule has 0 amide bonds. The molecule has 2 rings (SSSR count). The largest absolute Gasteiger partial charge is 0.492 e. The average molecular weight is 308 g/mol. The van der Waals surface area contributed by atoms with Crippen molar-refractivity contribution in [2.24, 2.45) is 0 Å². The van der Waals surface area contributed by atoms with E-state index in [0.29, 0.717) is 15.7 Å². The van der Waals surface area contributed by atoms with Gasteiger partial charge in [-0.05, 0) is 22.0 Å². The number of aromatic amines is 1. The van der Waals surface area contributed by atoms with Crippen LogP contribution in [0.3, 0.4) is 0 Å². The van der Waals surface area contributed by atoms with E-state index in [1.54, 1.807) is 11.4 Å². The molecule has 0 aliphatic carbocycles. The van der Waals surface area contributed by atoms with E-state index in [-0.39, 0.29) is 10.4 Å². The van der Waals surface area contributed by atoms with Crippen molar-refractivity contribution in [3.05, 3.63) is 31.3 Å². The quantitative estimate of drug-likeness (QED) is 0.851. The van der Waals surface area contributed by atoms with Crippen molar-refractivity contribution in [1.29, 1.82) is 0 Å². The molecule has 0 radical (unpaired) electrons. The van der Waals surface area contributed by atoms with Crippen LogP contribution in [0.25, 0.3) is 10.7 Å². The molecule has 0 aromatic carbocycles. The molecule has 2 aromatic rings. The van der Waals surface area contributed by atoms with E-state index in [0.717, 1.165) is 0 Å². The fourth-order valence-electron chi connectivity index (χ4n) is 1.00. The topological polar surface area (TPSA) is 66.0 Å². The van der Waals surface area contributed by atoms with E-state index >= 15 is 0 Å². The number of hydrogen-bond donors (Lipinski definition) is 2. The lowest BCUT2D eigenvalue weighted by Gasteiger charge is -1.98. The van der Waals surface area contributed by atoms with Crippen molar-refractivity contribution in [3.63, 3.8) is 0 Å². The summed E-state index contributed by atoms with van der Waals surface area (Å²) in [5.41, 5.74) is -0.429. The van der Waals surface area contributed by atoms with Gasteiger partial charge >= 0.3 is 0 Å². The lowest BCUT2D eigenvalue weighted by Crippen LogP contribution is -2.09. The Labute approximate surface area is 102 Å². The van der Waals surface area contributed by atoms with E-state index in [4.69, 9.17) is 11.6 Å². The molecule has 0 saturated heterocycles. The average Bonchev–Trinajstić information content (AvgIpc) is 2.60. The number of aromatic hydroxyl groups is 1.